The van der Waals surface area contributed by atoms with Crippen LogP contribution in [0, 0.1) is 11.8 Å². The Bertz CT molecular complexity index is 664. The monoisotopic (exact) mass is 290 g/mol. The molecular weight excluding hydrogens is 272 g/mol. The van der Waals surface area contributed by atoms with Crippen LogP contribution in [0.5, 0.6) is 0 Å². The summed E-state index contributed by atoms with van der Waals surface area (Å²) in [5.41, 5.74) is -0.272. The minimum absolute atomic E-state index is 0.0754. The van der Waals surface area contributed by atoms with Crippen LogP contribution >= 0.6 is 0 Å². The molecule has 106 valence electrons. The summed E-state index contributed by atoms with van der Waals surface area (Å²) in [7, 11) is -3.32. The Balaban J connectivity index is 1.76. The van der Waals surface area contributed by atoms with Crippen LogP contribution in [0.4, 0.5) is 0 Å². The molecule has 0 N–H and O–H groups in total. The molecule has 0 spiro atoms. The van der Waals surface area contributed by atoms with Gasteiger partial charge < -0.3 is 4.74 Å². The average Bonchev–Trinajstić information content (AvgIpc) is 3.09. The summed E-state index contributed by atoms with van der Waals surface area (Å²) in [5, 5.41) is -0.440. The molecule has 4 rings (SSSR count). The van der Waals surface area contributed by atoms with E-state index < -0.39 is 15.1 Å². The Kier molecular flexibility index (Phi) is 2.49. The lowest BCUT2D eigenvalue weighted by Gasteiger charge is -2.33. The molecule has 0 amide bonds. The van der Waals surface area contributed by atoms with Crippen molar-refractivity contribution in [2.24, 2.45) is 11.8 Å². The van der Waals surface area contributed by atoms with Crippen molar-refractivity contribution in [1.29, 1.82) is 0 Å². The van der Waals surface area contributed by atoms with Crippen molar-refractivity contribution in [3.63, 3.8) is 0 Å². The van der Waals surface area contributed by atoms with Crippen LogP contribution in [0.2, 0.25) is 0 Å². The van der Waals surface area contributed by atoms with Gasteiger partial charge >= 0.3 is 0 Å². The highest BCUT2D eigenvalue weighted by molar-refractivity contribution is 7.92. The molecule has 0 radical (unpaired) electrons. The van der Waals surface area contributed by atoms with E-state index in [9.17, 15) is 8.42 Å². The molecule has 2 bridgehead atoms. The Morgan fingerprint density at radius 2 is 1.95 bits per heavy atom. The Morgan fingerprint density at radius 3 is 2.70 bits per heavy atom. The second-order valence-electron chi connectivity index (χ2n) is 6.32. The summed E-state index contributed by atoms with van der Waals surface area (Å²) >= 11 is 0. The number of sulfone groups is 1. The molecule has 0 aromatic heterocycles. The van der Waals surface area contributed by atoms with Gasteiger partial charge in [0.1, 0.15) is 0 Å². The maximum atomic E-state index is 12.9. The second kappa shape index (κ2) is 3.95. The molecule has 3 nitrogen and oxygen atoms in total. The van der Waals surface area contributed by atoms with Crippen LogP contribution in [0.15, 0.2) is 47.4 Å². The summed E-state index contributed by atoms with van der Waals surface area (Å²) in [6, 6.07) is 8.78. The van der Waals surface area contributed by atoms with Gasteiger partial charge in [-0.1, -0.05) is 30.4 Å². The molecular formula is C16H18O3S. The molecule has 20 heavy (non-hydrogen) atoms. The third-order valence-electron chi connectivity index (χ3n) is 5.20. The zero-order valence-electron chi connectivity index (χ0n) is 11.4. The molecule has 4 heteroatoms. The van der Waals surface area contributed by atoms with Crippen LogP contribution in [0.1, 0.15) is 19.8 Å². The van der Waals surface area contributed by atoms with Gasteiger partial charge in [-0.2, -0.15) is 0 Å². The first kappa shape index (κ1) is 12.6. The number of rotatable bonds is 2. The molecule has 5 atom stereocenters. The fraction of sp³-hybridized carbons (Fsp3) is 0.500. The number of fused-ring (bicyclic) bond motifs is 5. The first-order valence-electron chi connectivity index (χ1n) is 7.17. The van der Waals surface area contributed by atoms with Gasteiger partial charge in [0.2, 0.25) is 0 Å². The number of ether oxygens (including phenoxy) is 1. The maximum Gasteiger partial charge on any atom is 0.185 e. The highest BCUT2D eigenvalue weighted by Crippen LogP contribution is 2.57. The second-order valence-corrected chi connectivity index (χ2v) is 8.42. The largest absolute Gasteiger partial charge is 0.371 e. The Morgan fingerprint density at radius 1 is 1.20 bits per heavy atom. The number of hydrogen-bond donors (Lipinski definition) is 0. The normalized spacial score (nSPS) is 42.0. The van der Waals surface area contributed by atoms with Crippen molar-refractivity contribution < 1.29 is 13.2 Å². The SMILES string of the molecule is C[C@@]12CC[C@@H](O1)[C@H]1C=C[C@H](S(=O)(=O)c3ccccc3)[C@H]12. The lowest BCUT2D eigenvalue weighted by molar-refractivity contribution is 0.00750. The van der Waals surface area contributed by atoms with Crippen molar-refractivity contribution in [3.8, 4) is 0 Å². The van der Waals surface area contributed by atoms with Gasteiger partial charge in [-0.3, -0.25) is 0 Å². The fourth-order valence-corrected chi connectivity index (χ4v) is 6.28. The number of benzene rings is 1. The van der Waals surface area contributed by atoms with Gasteiger partial charge in [0.25, 0.3) is 0 Å². The summed E-state index contributed by atoms with van der Waals surface area (Å²) in [6.07, 6.45) is 6.22. The molecule has 2 fully saturated rings. The van der Waals surface area contributed by atoms with Gasteiger partial charge in [-0.05, 0) is 31.9 Å². The van der Waals surface area contributed by atoms with E-state index in [-0.39, 0.29) is 23.5 Å². The standard InChI is InChI=1S/C16H18O3S/c1-16-10-9-13(19-16)12-7-8-14(15(12)16)20(17,18)11-5-3-2-4-6-11/h2-8,12-15H,9-10H2,1H3/t12-,13-,14+,15+,16+/m1/s1. The third kappa shape index (κ3) is 1.52. The van der Waals surface area contributed by atoms with Gasteiger partial charge in [0.05, 0.1) is 21.9 Å². The average molecular weight is 290 g/mol. The van der Waals surface area contributed by atoms with Crippen LogP contribution in [-0.4, -0.2) is 25.4 Å². The van der Waals surface area contributed by atoms with E-state index >= 15 is 0 Å². The topological polar surface area (TPSA) is 43.4 Å². The van der Waals surface area contributed by atoms with E-state index in [0.717, 1.165) is 12.8 Å². The number of hydrogen-bond acceptors (Lipinski definition) is 3. The molecule has 1 aliphatic carbocycles. The molecule has 2 aliphatic heterocycles. The first-order valence-corrected chi connectivity index (χ1v) is 8.72. The van der Waals surface area contributed by atoms with Crippen LogP contribution in [0.25, 0.3) is 0 Å². The van der Waals surface area contributed by atoms with Gasteiger partial charge in [0.15, 0.2) is 9.84 Å². The van der Waals surface area contributed by atoms with Crippen LogP contribution in [-0.2, 0) is 14.6 Å². The zero-order chi connectivity index (χ0) is 14.0. The molecule has 2 saturated heterocycles. The zero-order valence-corrected chi connectivity index (χ0v) is 12.2. The van der Waals surface area contributed by atoms with E-state index in [4.69, 9.17) is 4.74 Å². The molecule has 2 heterocycles. The van der Waals surface area contributed by atoms with Gasteiger partial charge in [-0.15, -0.1) is 0 Å². The molecule has 1 aromatic carbocycles. The lowest BCUT2D eigenvalue weighted by atomic mass is 9.74. The van der Waals surface area contributed by atoms with Gasteiger partial charge in [-0.25, -0.2) is 8.42 Å². The Labute approximate surface area is 119 Å². The van der Waals surface area contributed by atoms with Crippen molar-refractivity contribution in [2.45, 2.75) is 41.6 Å². The highest BCUT2D eigenvalue weighted by Gasteiger charge is 2.61. The minimum Gasteiger partial charge on any atom is -0.371 e. The summed E-state index contributed by atoms with van der Waals surface area (Å²) < 4.78 is 31.8. The third-order valence-corrected chi connectivity index (χ3v) is 7.30. The lowest BCUT2D eigenvalue weighted by Crippen LogP contribution is -2.42. The van der Waals surface area contributed by atoms with E-state index in [1.54, 1.807) is 24.3 Å². The Hall–Kier alpha value is -1.13. The van der Waals surface area contributed by atoms with E-state index in [2.05, 4.69) is 13.0 Å². The van der Waals surface area contributed by atoms with Crippen LogP contribution < -0.4 is 0 Å². The predicted molar refractivity (Wildman–Crippen MR) is 76.0 cm³/mol. The predicted octanol–water partition coefficient (Wildman–Crippen LogP) is 2.58. The quantitative estimate of drug-likeness (QED) is 0.786. The molecule has 3 aliphatic rings. The van der Waals surface area contributed by atoms with Crippen molar-refractivity contribution in [1.82, 2.24) is 0 Å². The van der Waals surface area contributed by atoms with Gasteiger partial charge in [0, 0.05) is 11.8 Å². The molecule has 1 aromatic rings. The molecule has 0 unspecified atom stereocenters. The fourth-order valence-electron chi connectivity index (χ4n) is 4.28. The molecule has 0 saturated carbocycles. The van der Waals surface area contributed by atoms with E-state index in [1.807, 2.05) is 12.1 Å². The van der Waals surface area contributed by atoms with Crippen LogP contribution in [0.3, 0.4) is 0 Å². The summed E-state index contributed by atoms with van der Waals surface area (Å²) in [5.74, 6) is 0.351. The smallest absolute Gasteiger partial charge is 0.185 e. The summed E-state index contributed by atoms with van der Waals surface area (Å²) in [4.78, 5) is 0.418. The minimum atomic E-state index is -3.32. The maximum absolute atomic E-state index is 12.9. The summed E-state index contributed by atoms with van der Waals surface area (Å²) in [6.45, 7) is 2.08. The van der Waals surface area contributed by atoms with E-state index in [1.165, 1.54) is 0 Å². The van der Waals surface area contributed by atoms with E-state index in [0.29, 0.717) is 4.90 Å². The van der Waals surface area contributed by atoms with Crippen molar-refractivity contribution in [3.05, 3.63) is 42.5 Å². The van der Waals surface area contributed by atoms with Crippen molar-refractivity contribution in [2.75, 3.05) is 0 Å². The van der Waals surface area contributed by atoms with Crippen molar-refractivity contribution >= 4 is 9.84 Å². The highest BCUT2D eigenvalue weighted by atomic mass is 32.2. The first-order chi connectivity index (χ1) is 9.52.